The highest BCUT2D eigenvalue weighted by atomic mass is 35.5. The Labute approximate surface area is 175 Å². The molecule has 3 aromatic carbocycles. The van der Waals surface area contributed by atoms with Crippen LogP contribution in [0, 0.1) is 0 Å². The van der Waals surface area contributed by atoms with Crippen LogP contribution in [0.25, 0.3) is 0 Å². The van der Waals surface area contributed by atoms with Crippen LogP contribution in [0.4, 0.5) is 5.69 Å². The molecule has 3 rings (SSSR count). The van der Waals surface area contributed by atoms with E-state index in [0.29, 0.717) is 33.5 Å². The van der Waals surface area contributed by atoms with Crippen LogP contribution in [-0.4, -0.2) is 27.2 Å². The summed E-state index contributed by atoms with van der Waals surface area (Å²) in [6, 6.07) is 19.9. The molecular formula is C23H22ClNO4. The second-order valence-electron chi connectivity index (χ2n) is 6.28. The average Bonchev–Trinajstić information content (AvgIpc) is 2.77. The molecule has 0 heterocycles. The summed E-state index contributed by atoms with van der Waals surface area (Å²) >= 11 is 6.20. The van der Waals surface area contributed by atoms with Crippen molar-refractivity contribution in [2.75, 3.05) is 26.2 Å². The number of anilines is 1. The third-order valence-corrected chi connectivity index (χ3v) is 4.89. The second kappa shape index (κ2) is 9.34. The molecule has 0 unspecified atom stereocenters. The van der Waals surface area contributed by atoms with Crippen molar-refractivity contribution in [3.05, 3.63) is 82.9 Å². The van der Waals surface area contributed by atoms with Gasteiger partial charge in [0.1, 0.15) is 12.4 Å². The number of amides is 1. The summed E-state index contributed by atoms with van der Waals surface area (Å²) in [7, 11) is 4.83. The van der Waals surface area contributed by atoms with E-state index in [4.69, 9.17) is 25.8 Å². The first-order valence-corrected chi connectivity index (χ1v) is 9.38. The lowest BCUT2D eigenvalue weighted by Crippen LogP contribution is -2.26. The van der Waals surface area contributed by atoms with Gasteiger partial charge >= 0.3 is 0 Å². The van der Waals surface area contributed by atoms with Crippen LogP contribution < -0.4 is 19.1 Å². The summed E-state index contributed by atoms with van der Waals surface area (Å²) in [4.78, 5) is 14.7. The fourth-order valence-electron chi connectivity index (χ4n) is 2.87. The molecule has 0 aliphatic heterocycles. The fourth-order valence-corrected chi connectivity index (χ4v) is 3.06. The first-order chi connectivity index (χ1) is 14.0. The van der Waals surface area contributed by atoms with E-state index < -0.39 is 0 Å². The molecular weight excluding hydrogens is 390 g/mol. The van der Waals surface area contributed by atoms with Crippen LogP contribution in [0.2, 0.25) is 5.02 Å². The number of carbonyl (C=O) groups excluding carboxylic acids is 1. The van der Waals surface area contributed by atoms with Crippen molar-refractivity contribution in [3.63, 3.8) is 0 Å². The molecule has 5 nitrogen and oxygen atoms in total. The van der Waals surface area contributed by atoms with Crippen LogP contribution in [0.5, 0.6) is 17.2 Å². The highest BCUT2D eigenvalue weighted by Gasteiger charge is 2.19. The SMILES string of the molecule is COc1ccc(N(C)C(=O)c2ccccc2OCc2ccccc2Cl)cc1OC. The average molecular weight is 412 g/mol. The summed E-state index contributed by atoms with van der Waals surface area (Å²) in [5.41, 5.74) is 1.98. The van der Waals surface area contributed by atoms with Gasteiger partial charge in [0.25, 0.3) is 5.91 Å². The number of ether oxygens (including phenoxy) is 3. The minimum absolute atomic E-state index is 0.202. The Morgan fingerprint density at radius 3 is 2.31 bits per heavy atom. The summed E-state index contributed by atoms with van der Waals surface area (Å²) < 4.78 is 16.5. The summed E-state index contributed by atoms with van der Waals surface area (Å²) in [5.74, 6) is 1.44. The van der Waals surface area contributed by atoms with Crippen LogP contribution in [-0.2, 0) is 6.61 Å². The van der Waals surface area contributed by atoms with E-state index in [2.05, 4.69) is 0 Å². The van der Waals surface area contributed by atoms with Crippen molar-refractivity contribution in [2.24, 2.45) is 0 Å². The molecule has 0 N–H and O–H groups in total. The van der Waals surface area contributed by atoms with Gasteiger partial charge in [0.05, 0.1) is 19.8 Å². The van der Waals surface area contributed by atoms with E-state index in [1.54, 1.807) is 62.6 Å². The zero-order valence-corrected chi connectivity index (χ0v) is 17.3. The third kappa shape index (κ3) is 4.63. The normalized spacial score (nSPS) is 10.3. The number of carbonyl (C=O) groups is 1. The van der Waals surface area contributed by atoms with Crippen molar-refractivity contribution >= 4 is 23.2 Å². The Morgan fingerprint density at radius 1 is 0.897 bits per heavy atom. The van der Waals surface area contributed by atoms with Gasteiger partial charge in [-0.05, 0) is 30.3 Å². The third-order valence-electron chi connectivity index (χ3n) is 4.52. The predicted molar refractivity (Wildman–Crippen MR) is 115 cm³/mol. The largest absolute Gasteiger partial charge is 0.493 e. The molecule has 0 aromatic heterocycles. The molecule has 0 aliphatic rings. The minimum atomic E-state index is -0.202. The molecule has 0 atom stereocenters. The summed E-state index contributed by atoms with van der Waals surface area (Å²) in [6.07, 6.45) is 0. The number of para-hydroxylation sites is 1. The van der Waals surface area contributed by atoms with E-state index in [1.165, 1.54) is 0 Å². The Morgan fingerprint density at radius 2 is 1.59 bits per heavy atom. The summed E-state index contributed by atoms with van der Waals surface area (Å²) in [5, 5.41) is 0.624. The van der Waals surface area contributed by atoms with Gasteiger partial charge in [0, 0.05) is 29.4 Å². The van der Waals surface area contributed by atoms with Crippen LogP contribution in [0.1, 0.15) is 15.9 Å². The topological polar surface area (TPSA) is 48.0 Å². The Hall–Kier alpha value is -3.18. The number of benzene rings is 3. The molecule has 1 amide bonds. The fraction of sp³-hybridized carbons (Fsp3) is 0.174. The van der Waals surface area contributed by atoms with Crippen LogP contribution in [0.3, 0.4) is 0 Å². The molecule has 0 spiro atoms. The number of methoxy groups -OCH3 is 2. The Bertz CT molecular complexity index is 1010. The number of halogens is 1. The first kappa shape index (κ1) is 20.6. The quantitative estimate of drug-likeness (QED) is 0.535. The van der Waals surface area contributed by atoms with Gasteiger partial charge in [-0.15, -0.1) is 0 Å². The van der Waals surface area contributed by atoms with Crippen LogP contribution >= 0.6 is 11.6 Å². The van der Waals surface area contributed by atoms with Crippen molar-refractivity contribution in [3.8, 4) is 17.2 Å². The van der Waals surface area contributed by atoms with E-state index in [1.807, 2.05) is 30.3 Å². The number of nitrogens with zero attached hydrogens (tertiary/aromatic N) is 1. The first-order valence-electron chi connectivity index (χ1n) is 9.00. The highest BCUT2D eigenvalue weighted by molar-refractivity contribution is 6.31. The molecule has 0 bridgehead atoms. The molecule has 0 radical (unpaired) electrons. The summed E-state index contributed by atoms with van der Waals surface area (Å²) in [6.45, 7) is 0.268. The van der Waals surface area contributed by atoms with Gasteiger partial charge in [-0.1, -0.05) is 41.9 Å². The molecule has 0 aliphatic carbocycles. The second-order valence-corrected chi connectivity index (χ2v) is 6.69. The molecule has 29 heavy (non-hydrogen) atoms. The lowest BCUT2D eigenvalue weighted by molar-refractivity contribution is 0.0988. The van der Waals surface area contributed by atoms with Crippen molar-refractivity contribution < 1.29 is 19.0 Å². The van der Waals surface area contributed by atoms with Gasteiger partial charge in [-0.25, -0.2) is 0 Å². The van der Waals surface area contributed by atoms with Crippen LogP contribution in [0.15, 0.2) is 66.7 Å². The van der Waals surface area contributed by atoms with E-state index >= 15 is 0 Å². The van der Waals surface area contributed by atoms with E-state index in [9.17, 15) is 4.79 Å². The Kier molecular flexibility index (Phi) is 6.62. The van der Waals surface area contributed by atoms with E-state index in [-0.39, 0.29) is 12.5 Å². The van der Waals surface area contributed by atoms with Gasteiger partial charge in [-0.2, -0.15) is 0 Å². The number of hydrogen-bond donors (Lipinski definition) is 0. The highest BCUT2D eigenvalue weighted by Crippen LogP contribution is 2.32. The van der Waals surface area contributed by atoms with Crippen molar-refractivity contribution in [1.82, 2.24) is 0 Å². The van der Waals surface area contributed by atoms with Gasteiger partial charge in [-0.3, -0.25) is 4.79 Å². The van der Waals surface area contributed by atoms with Gasteiger partial charge in [0.15, 0.2) is 11.5 Å². The zero-order valence-electron chi connectivity index (χ0n) is 16.5. The monoisotopic (exact) mass is 411 g/mol. The number of hydrogen-bond acceptors (Lipinski definition) is 4. The van der Waals surface area contributed by atoms with E-state index in [0.717, 1.165) is 5.56 Å². The molecule has 150 valence electrons. The lowest BCUT2D eigenvalue weighted by atomic mass is 10.1. The molecule has 0 saturated heterocycles. The molecule has 3 aromatic rings. The molecule has 0 saturated carbocycles. The maximum Gasteiger partial charge on any atom is 0.261 e. The zero-order chi connectivity index (χ0) is 20.8. The predicted octanol–water partition coefficient (Wildman–Crippen LogP) is 5.21. The lowest BCUT2D eigenvalue weighted by Gasteiger charge is -2.20. The molecule has 6 heteroatoms. The smallest absolute Gasteiger partial charge is 0.261 e. The molecule has 0 fully saturated rings. The maximum absolute atomic E-state index is 13.1. The van der Waals surface area contributed by atoms with Gasteiger partial charge < -0.3 is 19.1 Å². The van der Waals surface area contributed by atoms with Crippen molar-refractivity contribution in [2.45, 2.75) is 6.61 Å². The Balaban J connectivity index is 1.83. The minimum Gasteiger partial charge on any atom is -0.493 e. The number of rotatable bonds is 7. The van der Waals surface area contributed by atoms with Gasteiger partial charge in [0.2, 0.25) is 0 Å². The standard InChI is InChI=1S/C23H22ClNO4/c1-25(17-12-13-21(27-2)22(14-17)28-3)23(26)18-9-5-7-11-20(18)29-15-16-8-4-6-10-19(16)24/h4-14H,15H2,1-3H3. The maximum atomic E-state index is 13.1. The van der Waals surface area contributed by atoms with Crippen molar-refractivity contribution in [1.29, 1.82) is 0 Å².